The van der Waals surface area contributed by atoms with Gasteiger partial charge in [0.1, 0.15) is 0 Å². The molecule has 0 saturated carbocycles. The maximum absolute atomic E-state index is 12.0. The number of rotatable bonds is 7. The van der Waals surface area contributed by atoms with Crippen molar-refractivity contribution in [1.82, 2.24) is 15.1 Å². The van der Waals surface area contributed by atoms with E-state index in [0.717, 1.165) is 0 Å². The fourth-order valence-electron chi connectivity index (χ4n) is 2.02. The highest BCUT2D eigenvalue weighted by molar-refractivity contribution is 5.92. The Labute approximate surface area is 132 Å². The van der Waals surface area contributed by atoms with Gasteiger partial charge >= 0.3 is 0 Å². The van der Waals surface area contributed by atoms with Crippen LogP contribution in [0.1, 0.15) is 23.8 Å². The van der Waals surface area contributed by atoms with Gasteiger partial charge in [-0.1, -0.05) is 13.0 Å². The summed E-state index contributed by atoms with van der Waals surface area (Å²) >= 11 is 0. The molecule has 0 spiro atoms. The number of aliphatic hydroxyl groups excluding tert-OH is 1. The van der Waals surface area contributed by atoms with Gasteiger partial charge in [-0.25, -0.2) is 4.68 Å². The van der Waals surface area contributed by atoms with Gasteiger partial charge in [0.25, 0.3) is 11.6 Å². The minimum atomic E-state index is -0.483. The molecular weight excluding hydrogens is 300 g/mol. The van der Waals surface area contributed by atoms with Gasteiger partial charge in [0.15, 0.2) is 5.69 Å². The minimum absolute atomic E-state index is 0.0400. The minimum Gasteiger partial charge on any atom is -0.396 e. The molecule has 0 fully saturated rings. The van der Waals surface area contributed by atoms with E-state index in [1.807, 2.05) is 6.92 Å². The molecule has 1 heterocycles. The molecule has 2 rings (SSSR count). The van der Waals surface area contributed by atoms with Crippen LogP contribution in [0.15, 0.2) is 36.5 Å². The van der Waals surface area contributed by atoms with Gasteiger partial charge in [-0.05, 0) is 24.5 Å². The quantitative estimate of drug-likeness (QED) is 0.594. The van der Waals surface area contributed by atoms with Crippen LogP contribution in [0.25, 0.3) is 5.69 Å². The topological polar surface area (TPSA) is 110 Å². The number of carbonyl (C=O) groups is 1. The van der Waals surface area contributed by atoms with Crippen LogP contribution in [0.4, 0.5) is 5.69 Å². The second-order valence-electron chi connectivity index (χ2n) is 5.25. The van der Waals surface area contributed by atoms with Gasteiger partial charge in [0, 0.05) is 31.5 Å². The normalized spacial score (nSPS) is 11.9. The molecule has 0 saturated heterocycles. The zero-order chi connectivity index (χ0) is 16.8. The molecule has 1 atom stereocenters. The van der Waals surface area contributed by atoms with E-state index in [1.165, 1.54) is 16.8 Å². The summed E-state index contributed by atoms with van der Waals surface area (Å²) in [6.07, 6.45) is 2.19. The van der Waals surface area contributed by atoms with Gasteiger partial charge < -0.3 is 10.4 Å². The number of nitrogens with one attached hydrogen (secondary N) is 1. The number of hydrogen-bond donors (Lipinski definition) is 2. The van der Waals surface area contributed by atoms with Crippen LogP contribution in [0.5, 0.6) is 0 Å². The number of non-ortho nitro benzene ring substituents is 1. The molecular formula is C15H18N4O4. The molecule has 0 aliphatic carbocycles. The highest BCUT2D eigenvalue weighted by atomic mass is 16.6. The Morgan fingerprint density at radius 2 is 2.26 bits per heavy atom. The fraction of sp³-hybridized carbons (Fsp3) is 0.333. The number of carbonyl (C=O) groups excluding carboxylic acids is 1. The monoisotopic (exact) mass is 318 g/mol. The number of nitrogens with zero attached hydrogens (tertiary/aromatic N) is 3. The molecule has 0 radical (unpaired) electrons. The van der Waals surface area contributed by atoms with Crippen molar-refractivity contribution >= 4 is 11.6 Å². The van der Waals surface area contributed by atoms with E-state index >= 15 is 0 Å². The Kier molecular flexibility index (Phi) is 5.42. The van der Waals surface area contributed by atoms with Gasteiger partial charge in [0.2, 0.25) is 0 Å². The van der Waals surface area contributed by atoms with Crippen LogP contribution in [0.2, 0.25) is 0 Å². The number of benzene rings is 1. The number of aromatic nitrogens is 2. The molecule has 1 unspecified atom stereocenters. The Hall–Kier alpha value is -2.74. The number of amides is 1. The lowest BCUT2D eigenvalue weighted by molar-refractivity contribution is -0.384. The summed E-state index contributed by atoms with van der Waals surface area (Å²) < 4.78 is 1.42. The first kappa shape index (κ1) is 16.6. The number of hydrogen-bond acceptors (Lipinski definition) is 5. The van der Waals surface area contributed by atoms with Crippen LogP contribution in [-0.2, 0) is 0 Å². The molecule has 1 aromatic heterocycles. The highest BCUT2D eigenvalue weighted by Gasteiger charge is 2.13. The fourth-order valence-corrected chi connectivity index (χ4v) is 2.02. The van der Waals surface area contributed by atoms with Crippen molar-refractivity contribution in [2.75, 3.05) is 13.2 Å². The van der Waals surface area contributed by atoms with Crippen molar-refractivity contribution in [2.24, 2.45) is 5.92 Å². The van der Waals surface area contributed by atoms with Crippen molar-refractivity contribution in [2.45, 2.75) is 13.3 Å². The van der Waals surface area contributed by atoms with Crippen molar-refractivity contribution in [3.05, 3.63) is 52.3 Å². The smallest absolute Gasteiger partial charge is 0.271 e. The molecule has 122 valence electrons. The largest absolute Gasteiger partial charge is 0.396 e. The SMILES string of the molecule is CC(CCO)CNC(=O)c1ccn(-c2cccc([N+](=O)[O-])c2)n1. The van der Waals surface area contributed by atoms with Gasteiger partial charge in [-0.3, -0.25) is 14.9 Å². The molecule has 2 aromatic rings. The second-order valence-corrected chi connectivity index (χ2v) is 5.25. The average Bonchev–Trinajstić information content (AvgIpc) is 3.03. The van der Waals surface area contributed by atoms with E-state index in [4.69, 9.17) is 5.11 Å². The van der Waals surface area contributed by atoms with Crippen LogP contribution in [0.3, 0.4) is 0 Å². The first-order valence-electron chi connectivity index (χ1n) is 7.21. The molecule has 8 nitrogen and oxygen atoms in total. The third-order valence-corrected chi connectivity index (χ3v) is 3.36. The lowest BCUT2D eigenvalue weighted by Crippen LogP contribution is -2.29. The summed E-state index contributed by atoms with van der Waals surface area (Å²) in [5, 5.41) is 26.5. The van der Waals surface area contributed by atoms with E-state index in [2.05, 4.69) is 10.4 Å². The summed E-state index contributed by atoms with van der Waals surface area (Å²) in [7, 11) is 0. The van der Waals surface area contributed by atoms with Gasteiger partial charge in [-0.15, -0.1) is 0 Å². The van der Waals surface area contributed by atoms with Crippen molar-refractivity contribution in [3.63, 3.8) is 0 Å². The maximum atomic E-state index is 12.0. The third kappa shape index (κ3) is 4.36. The number of aliphatic hydroxyl groups is 1. The molecule has 0 aliphatic rings. The van der Waals surface area contributed by atoms with Crippen LogP contribution >= 0.6 is 0 Å². The van der Waals surface area contributed by atoms with E-state index in [9.17, 15) is 14.9 Å². The summed E-state index contributed by atoms with van der Waals surface area (Å²) in [6, 6.07) is 7.56. The summed E-state index contributed by atoms with van der Waals surface area (Å²) in [5.74, 6) is -0.151. The van der Waals surface area contributed by atoms with Crippen LogP contribution < -0.4 is 5.32 Å². The molecule has 1 aromatic carbocycles. The Balaban J connectivity index is 2.07. The first-order valence-corrected chi connectivity index (χ1v) is 7.21. The second kappa shape index (κ2) is 7.50. The zero-order valence-electron chi connectivity index (χ0n) is 12.7. The van der Waals surface area contributed by atoms with Crippen molar-refractivity contribution in [1.29, 1.82) is 0 Å². The van der Waals surface area contributed by atoms with Gasteiger partial charge in [0.05, 0.1) is 10.6 Å². The zero-order valence-corrected chi connectivity index (χ0v) is 12.7. The maximum Gasteiger partial charge on any atom is 0.271 e. The molecule has 0 aliphatic heterocycles. The predicted molar refractivity (Wildman–Crippen MR) is 83.4 cm³/mol. The number of nitro benzene ring substituents is 1. The lowest BCUT2D eigenvalue weighted by atomic mass is 10.1. The lowest BCUT2D eigenvalue weighted by Gasteiger charge is -2.09. The van der Waals surface area contributed by atoms with Gasteiger partial charge in [-0.2, -0.15) is 5.10 Å². The molecule has 0 bridgehead atoms. The predicted octanol–water partition coefficient (Wildman–Crippen LogP) is 1.53. The average molecular weight is 318 g/mol. The van der Waals surface area contributed by atoms with E-state index < -0.39 is 4.92 Å². The van der Waals surface area contributed by atoms with Crippen molar-refractivity contribution < 1.29 is 14.8 Å². The van der Waals surface area contributed by atoms with Crippen molar-refractivity contribution in [3.8, 4) is 5.69 Å². The van der Waals surface area contributed by atoms with Crippen LogP contribution in [0, 0.1) is 16.0 Å². The molecule has 8 heteroatoms. The highest BCUT2D eigenvalue weighted by Crippen LogP contribution is 2.16. The molecule has 23 heavy (non-hydrogen) atoms. The third-order valence-electron chi connectivity index (χ3n) is 3.36. The summed E-state index contributed by atoms with van der Waals surface area (Å²) in [4.78, 5) is 22.3. The molecule has 2 N–H and O–H groups in total. The number of nitro groups is 1. The summed E-state index contributed by atoms with van der Waals surface area (Å²) in [5.41, 5.74) is 0.696. The van der Waals surface area contributed by atoms with Crippen LogP contribution in [-0.4, -0.2) is 38.9 Å². The standard InChI is InChI=1S/C15H18N4O4/c1-11(6-8-20)10-16-15(21)14-5-7-18(17-14)12-3-2-4-13(9-12)19(22)23/h2-5,7,9,11,20H,6,8,10H2,1H3,(H,16,21). The Bertz CT molecular complexity index is 698. The van der Waals surface area contributed by atoms with E-state index in [1.54, 1.807) is 24.4 Å². The summed E-state index contributed by atoms with van der Waals surface area (Å²) in [6.45, 7) is 2.46. The Morgan fingerprint density at radius 1 is 1.48 bits per heavy atom. The molecule has 1 amide bonds. The first-order chi connectivity index (χ1) is 11.0. The van der Waals surface area contributed by atoms with E-state index in [0.29, 0.717) is 18.7 Å². The van der Waals surface area contributed by atoms with E-state index in [-0.39, 0.29) is 29.8 Å². The Morgan fingerprint density at radius 3 is 2.96 bits per heavy atom.